The SMILES string of the molecule is Cc1cccc(S(=O)(=O)N2C(C)CNCC2C)c1. The topological polar surface area (TPSA) is 49.4 Å². The minimum Gasteiger partial charge on any atom is -0.314 e. The lowest BCUT2D eigenvalue weighted by atomic mass is 10.2. The van der Waals surface area contributed by atoms with E-state index in [2.05, 4.69) is 5.32 Å². The van der Waals surface area contributed by atoms with E-state index in [0.717, 1.165) is 5.56 Å². The van der Waals surface area contributed by atoms with Crippen molar-refractivity contribution in [1.82, 2.24) is 9.62 Å². The second kappa shape index (κ2) is 4.99. The van der Waals surface area contributed by atoms with Crippen LogP contribution in [0.25, 0.3) is 0 Å². The number of hydrogen-bond donors (Lipinski definition) is 1. The lowest BCUT2D eigenvalue weighted by molar-refractivity contribution is 0.220. The van der Waals surface area contributed by atoms with Crippen LogP contribution in [0.1, 0.15) is 19.4 Å². The van der Waals surface area contributed by atoms with Crippen LogP contribution < -0.4 is 5.32 Å². The first-order valence-corrected chi connectivity index (χ1v) is 7.68. The average molecular weight is 268 g/mol. The van der Waals surface area contributed by atoms with E-state index in [1.54, 1.807) is 22.5 Å². The average Bonchev–Trinajstić information content (AvgIpc) is 2.28. The molecule has 0 radical (unpaired) electrons. The van der Waals surface area contributed by atoms with E-state index >= 15 is 0 Å². The summed E-state index contributed by atoms with van der Waals surface area (Å²) in [6.07, 6.45) is 0. The molecule has 0 spiro atoms. The highest BCUT2D eigenvalue weighted by Gasteiger charge is 2.35. The van der Waals surface area contributed by atoms with Crippen molar-refractivity contribution in [2.24, 2.45) is 0 Å². The number of piperazine rings is 1. The van der Waals surface area contributed by atoms with Crippen LogP contribution in [0.2, 0.25) is 0 Å². The quantitative estimate of drug-likeness (QED) is 0.881. The zero-order valence-corrected chi connectivity index (χ0v) is 11.9. The van der Waals surface area contributed by atoms with Crippen LogP contribution >= 0.6 is 0 Å². The summed E-state index contributed by atoms with van der Waals surface area (Å²) in [7, 11) is -3.39. The molecule has 4 nitrogen and oxygen atoms in total. The van der Waals surface area contributed by atoms with Crippen LogP contribution in [0.3, 0.4) is 0 Å². The fourth-order valence-corrected chi connectivity index (χ4v) is 4.41. The van der Waals surface area contributed by atoms with Gasteiger partial charge in [0.1, 0.15) is 0 Å². The first kappa shape index (κ1) is 13.5. The van der Waals surface area contributed by atoms with Crippen LogP contribution in [0.15, 0.2) is 29.2 Å². The first-order chi connectivity index (χ1) is 8.43. The van der Waals surface area contributed by atoms with E-state index in [4.69, 9.17) is 0 Å². The molecule has 0 aromatic heterocycles. The molecule has 0 aliphatic carbocycles. The number of benzene rings is 1. The molecular formula is C13H20N2O2S. The van der Waals surface area contributed by atoms with Crippen LogP contribution in [0.5, 0.6) is 0 Å². The molecule has 18 heavy (non-hydrogen) atoms. The maximum atomic E-state index is 12.7. The van der Waals surface area contributed by atoms with Crippen molar-refractivity contribution >= 4 is 10.0 Å². The number of sulfonamides is 1. The van der Waals surface area contributed by atoms with Gasteiger partial charge in [0.15, 0.2) is 0 Å². The van der Waals surface area contributed by atoms with E-state index in [0.29, 0.717) is 18.0 Å². The number of rotatable bonds is 2. The van der Waals surface area contributed by atoms with Crippen molar-refractivity contribution < 1.29 is 8.42 Å². The zero-order valence-electron chi connectivity index (χ0n) is 11.1. The Bertz CT molecular complexity index is 518. The van der Waals surface area contributed by atoms with Gasteiger partial charge >= 0.3 is 0 Å². The Morgan fingerprint density at radius 1 is 1.22 bits per heavy atom. The predicted molar refractivity (Wildman–Crippen MR) is 72.0 cm³/mol. The lowest BCUT2D eigenvalue weighted by Gasteiger charge is -2.38. The molecule has 1 aromatic rings. The summed E-state index contributed by atoms with van der Waals surface area (Å²) in [4.78, 5) is 0.392. The highest BCUT2D eigenvalue weighted by atomic mass is 32.2. The van der Waals surface area contributed by atoms with Gasteiger partial charge < -0.3 is 5.32 Å². The van der Waals surface area contributed by atoms with E-state index in [-0.39, 0.29) is 12.1 Å². The Hall–Kier alpha value is -0.910. The number of hydrogen-bond acceptors (Lipinski definition) is 3. The fraction of sp³-hybridized carbons (Fsp3) is 0.538. The fourth-order valence-electron chi connectivity index (χ4n) is 2.49. The highest BCUT2D eigenvalue weighted by molar-refractivity contribution is 7.89. The number of nitrogens with one attached hydrogen (secondary N) is 1. The maximum Gasteiger partial charge on any atom is 0.243 e. The summed E-state index contributed by atoms with van der Waals surface area (Å²) in [6, 6.07) is 7.07. The van der Waals surface area contributed by atoms with E-state index < -0.39 is 10.0 Å². The van der Waals surface area contributed by atoms with Crippen molar-refractivity contribution in [2.75, 3.05) is 13.1 Å². The molecule has 1 saturated heterocycles. The third-order valence-corrected chi connectivity index (χ3v) is 5.44. The molecule has 1 aromatic carbocycles. The summed E-state index contributed by atoms with van der Waals surface area (Å²) in [5, 5.41) is 3.24. The Balaban J connectivity index is 2.41. The van der Waals surface area contributed by atoms with Crippen molar-refractivity contribution in [3.8, 4) is 0 Å². The van der Waals surface area contributed by atoms with Crippen LogP contribution in [-0.2, 0) is 10.0 Å². The second-order valence-electron chi connectivity index (χ2n) is 5.01. The lowest BCUT2D eigenvalue weighted by Crippen LogP contribution is -2.57. The Morgan fingerprint density at radius 2 is 1.83 bits per heavy atom. The normalized spacial score (nSPS) is 26.2. The maximum absolute atomic E-state index is 12.7. The molecule has 1 heterocycles. The standard InChI is InChI=1S/C13H20N2O2S/c1-10-5-4-6-13(7-10)18(16,17)15-11(2)8-14-9-12(15)3/h4-7,11-12,14H,8-9H2,1-3H3. The molecule has 1 aliphatic heterocycles. The van der Waals surface area contributed by atoms with Gasteiger partial charge in [0.05, 0.1) is 4.90 Å². The number of aryl methyl sites for hydroxylation is 1. The van der Waals surface area contributed by atoms with Crippen LogP contribution in [-0.4, -0.2) is 37.9 Å². The molecule has 2 unspecified atom stereocenters. The third kappa shape index (κ3) is 2.43. The van der Waals surface area contributed by atoms with Crippen molar-refractivity contribution in [3.05, 3.63) is 29.8 Å². The molecule has 0 bridgehead atoms. The van der Waals surface area contributed by atoms with Gasteiger partial charge in [-0.25, -0.2) is 8.42 Å². The third-order valence-electron chi connectivity index (χ3n) is 3.31. The van der Waals surface area contributed by atoms with Gasteiger partial charge in [-0.15, -0.1) is 0 Å². The van der Waals surface area contributed by atoms with Gasteiger partial charge in [-0.3, -0.25) is 0 Å². The second-order valence-corrected chi connectivity index (χ2v) is 6.85. The molecule has 2 atom stereocenters. The molecule has 1 fully saturated rings. The molecule has 0 saturated carbocycles. The molecule has 2 rings (SSSR count). The Kier molecular flexibility index (Phi) is 3.75. The predicted octanol–water partition coefficient (Wildman–Crippen LogP) is 1.37. The van der Waals surface area contributed by atoms with Gasteiger partial charge in [-0.1, -0.05) is 12.1 Å². The molecule has 1 aliphatic rings. The van der Waals surface area contributed by atoms with Crippen molar-refractivity contribution in [1.29, 1.82) is 0 Å². The van der Waals surface area contributed by atoms with Gasteiger partial charge in [0.2, 0.25) is 10.0 Å². The summed E-state index contributed by atoms with van der Waals surface area (Å²) < 4.78 is 26.9. The Labute approximate surface area is 109 Å². The van der Waals surface area contributed by atoms with Crippen molar-refractivity contribution in [3.63, 3.8) is 0 Å². The minimum atomic E-state index is -3.39. The highest BCUT2D eigenvalue weighted by Crippen LogP contribution is 2.23. The first-order valence-electron chi connectivity index (χ1n) is 6.24. The van der Waals surface area contributed by atoms with Crippen LogP contribution in [0, 0.1) is 6.92 Å². The van der Waals surface area contributed by atoms with E-state index in [1.165, 1.54) is 0 Å². The van der Waals surface area contributed by atoms with E-state index in [9.17, 15) is 8.42 Å². The number of nitrogens with zero attached hydrogens (tertiary/aromatic N) is 1. The van der Waals surface area contributed by atoms with E-state index in [1.807, 2.05) is 26.8 Å². The van der Waals surface area contributed by atoms with Gasteiger partial charge in [0.25, 0.3) is 0 Å². The summed E-state index contributed by atoms with van der Waals surface area (Å²) in [5.74, 6) is 0. The molecule has 0 amide bonds. The molecule has 100 valence electrons. The van der Waals surface area contributed by atoms with Crippen LogP contribution in [0.4, 0.5) is 0 Å². The molecule has 1 N–H and O–H groups in total. The van der Waals surface area contributed by atoms with Gasteiger partial charge in [0, 0.05) is 25.2 Å². The summed E-state index contributed by atoms with van der Waals surface area (Å²) >= 11 is 0. The molecular weight excluding hydrogens is 248 g/mol. The summed E-state index contributed by atoms with van der Waals surface area (Å²) in [5.41, 5.74) is 0.964. The Morgan fingerprint density at radius 3 is 2.39 bits per heavy atom. The monoisotopic (exact) mass is 268 g/mol. The largest absolute Gasteiger partial charge is 0.314 e. The minimum absolute atomic E-state index is 0.0146. The summed E-state index contributed by atoms with van der Waals surface area (Å²) in [6.45, 7) is 7.19. The van der Waals surface area contributed by atoms with Gasteiger partial charge in [-0.2, -0.15) is 4.31 Å². The molecule has 5 heteroatoms. The smallest absolute Gasteiger partial charge is 0.243 e. The van der Waals surface area contributed by atoms with Crippen molar-refractivity contribution in [2.45, 2.75) is 37.8 Å². The zero-order chi connectivity index (χ0) is 13.3. The van der Waals surface area contributed by atoms with Gasteiger partial charge in [-0.05, 0) is 38.5 Å².